The summed E-state index contributed by atoms with van der Waals surface area (Å²) in [7, 11) is 0. The van der Waals surface area contributed by atoms with Gasteiger partial charge >= 0.3 is 0 Å². The molecule has 0 bridgehead atoms. The Balaban J connectivity index is 2.00. The van der Waals surface area contributed by atoms with Crippen LogP contribution in [0.15, 0.2) is 12.4 Å². The summed E-state index contributed by atoms with van der Waals surface area (Å²) in [5.41, 5.74) is 0. The molecule has 1 aliphatic rings. The lowest BCUT2D eigenvalue weighted by Crippen LogP contribution is -2.12. The Hall–Kier alpha value is -1.19. The molecule has 0 saturated heterocycles. The molecule has 0 atom stereocenters. The van der Waals surface area contributed by atoms with Crippen molar-refractivity contribution in [3.63, 3.8) is 0 Å². The lowest BCUT2D eigenvalue weighted by Gasteiger charge is -2.10. The molecule has 0 N–H and O–H groups in total. The predicted octanol–water partition coefficient (Wildman–Crippen LogP) is 1.94. The van der Waals surface area contributed by atoms with E-state index in [-0.39, 0.29) is 6.10 Å². The summed E-state index contributed by atoms with van der Waals surface area (Å²) in [5, 5.41) is 0. The van der Waals surface area contributed by atoms with Gasteiger partial charge in [0.1, 0.15) is 12.4 Å². The Morgan fingerprint density at radius 1 is 1.31 bits per heavy atom. The number of aromatic nitrogens is 2. The van der Waals surface area contributed by atoms with E-state index in [1.54, 1.807) is 0 Å². The standard InChI is InChI=1S/C9H11FN2O/c10-8-5-9(12-6-11-8)13-7-3-1-2-4-7/h5-7H,1-4H2. The van der Waals surface area contributed by atoms with Gasteiger partial charge in [-0.1, -0.05) is 0 Å². The molecule has 4 heteroatoms. The van der Waals surface area contributed by atoms with Crippen molar-refractivity contribution in [1.82, 2.24) is 9.97 Å². The molecule has 13 heavy (non-hydrogen) atoms. The molecule has 3 nitrogen and oxygen atoms in total. The third-order valence-electron chi connectivity index (χ3n) is 2.20. The molecule has 0 unspecified atom stereocenters. The molecule has 1 saturated carbocycles. The molecule has 1 fully saturated rings. The van der Waals surface area contributed by atoms with Gasteiger partial charge in [0.15, 0.2) is 0 Å². The van der Waals surface area contributed by atoms with Crippen LogP contribution < -0.4 is 4.74 Å². The normalized spacial score (nSPS) is 17.6. The van der Waals surface area contributed by atoms with E-state index in [1.807, 2.05) is 0 Å². The van der Waals surface area contributed by atoms with Crippen LogP contribution in [-0.4, -0.2) is 16.1 Å². The van der Waals surface area contributed by atoms with E-state index in [0.717, 1.165) is 12.8 Å². The van der Waals surface area contributed by atoms with E-state index in [9.17, 15) is 4.39 Å². The SMILES string of the molecule is Fc1cc(OC2CCCC2)ncn1. The summed E-state index contributed by atoms with van der Waals surface area (Å²) >= 11 is 0. The van der Waals surface area contributed by atoms with Crippen LogP contribution in [0.3, 0.4) is 0 Å². The maximum absolute atomic E-state index is 12.6. The van der Waals surface area contributed by atoms with Gasteiger partial charge in [0, 0.05) is 0 Å². The molecule has 1 aliphatic carbocycles. The lowest BCUT2D eigenvalue weighted by molar-refractivity contribution is 0.200. The first-order valence-electron chi connectivity index (χ1n) is 4.49. The van der Waals surface area contributed by atoms with Crippen LogP contribution in [0.25, 0.3) is 0 Å². The first-order valence-corrected chi connectivity index (χ1v) is 4.49. The van der Waals surface area contributed by atoms with Gasteiger partial charge in [0.25, 0.3) is 0 Å². The molecule has 0 aromatic carbocycles. The average molecular weight is 182 g/mol. The van der Waals surface area contributed by atoms with Crippen molar-refractivity contribution in [2.45, 2.75) is 31.8 Å². The molecule has 0 spiro atoms. The highest BCUT2D eigenvalue weighted by Gasteiger charge is 2.16. The minimum Gasteiger partial charge on any atom is -0.474 e. The number of rotatable bonds is 2. The second kappa shape index (κ2) is 3.68. The smallest absolute Gasteiger partial charge is 0.219 e. The van der Waals surface area contributed by atoms with Gasteiger partial charge in [-0.05, 0) is 25.7 Å². The first kappa shape index (κ1) is 8.41. The highest BCUT2D eigenvalue weighted by atomic mass is 19.1. The number of hydrogen-bond acceptors (Lipinski definition) is 3. The van der Waals surface area contributed by atoms with Gasteiger partial charge in [-0.15, -0.1) is 0 Å². The second-order valence-corrected chi connectivity index (χ2v) is 3.20. The highest BCUT2D eigenvalue weighted by Crippen LogP contribution is 2.22. The molecule has 70 valence electrons. The zero-order chi connectivity index (χ0) is 9.10. The van der Waals surface area contributed by atoms with Crippen LogP contribution in [0, 0.1) is 5.95 Å². The lowest BCUT2D eigenvalue weighted by atomic mass is 10.3. The zero-order valence-corrected chi connectivity index (χ0v) is 7.24. The van der Waals surface area contributed by atoms with E-state index in [0.29, 0.717) is 5.88 Å². The summed E-state index contributed by atoms with van der Waals surface area (Å²) in [6.07, 6.45) is 5.88. The molecule has 1 aromatic rings. The van der Waals surface area contributed by atoms with Crippen molar-refractivity contribution >= 4 is 0 Å². The van der Waals surface area contributed by atoms with Crippen molar-refractivity contribution in [2.75, 3.05) is 0 Å². The quantitative estimate of drug-likeness (QED) is 0.655. The van der Waals surface area contributed by atoms with Crippen molar-refractivity contribution < 1.29 is 9.13 Å². The van der Waals surface area contributed by atoms with E-state index in [4.69, 9.17) is 4.74 Å². The second-order valence-electron chi connectivity index (χ2n) is 3.20. The molecule has 1 heterocycles. The average Bonchev–Trinajstić information content (AvgIpc) is 2.57. The van der Waals surface area contributed by atoms with Crippen LogP contribution in [0.2, 0.25) is 0 Å². The minimum atomic E-state index is -0.539. The van der Waals surface area contributed by atoms with Gasteiger partial charge < -0.3 is 4.74 Å². The number of hydrogen-bond donors (Lipinski definition) is 0. The maximum Gasteiger partial charge on any atom is 0.219 e. The first-order chi connectivity index (χ1) is 6.34. The fourth-order valence-electron chi connectivity index (χ4n) is 1.56. The van der Waals surface area contributed by atoms with Crippen molar-refractivity contribution in [3.8, 4) is 5.88 Å². The van der Waals surface area contributed by atoms with Crippen LogP contribution >= 0.6 is 0 Å². The van der Waals surface area contributed by atoms with Crippen LogP contribution in [0.5, 0.6) is 5.88 Å². The summed E-state index contributed by atoms with van der Waals surface area (Å²) < 4.78 is 18.1. The summed E-state index contributed by atoms with van der Waals surface area (Å²) in [5.74, 6) is -0.192. The summed E-state index contributed by atoms with van der Waals surface area (Å²) in [4.78, 5) is 7.19. The van der Waals surface area contributed by atoms with Gasteiger partial charge in [0.2, 0.25) is 11.8 Å². The molecule has 2 rings (SSSR count). The fourth-order valence-corrected chi connectivity index (χ4v) is 1.56. The van der Waals surface area contributed by atoms with E-state index in [1.165, 1.54) is 25.2 Å². The Morgan fingerprint density at radius 3 is 2.77 bits per heavy atom. The maximum atomic E-state index is 12.6. The van der Waals surface area contributed by atoms with Gasteiger partial charge in [-0.2, -0.15) is 4.39 Å². The highest BCUT2D eigenvalue weighted by molar-refractivity contribution is 5.06. The predicted molar refractivity (Wildman–Crippen MR) is 44.9 cm³/mol. The third-order valence-corrected chi connectivity index (χ3v) is 2.20. The van der Waals surface area contributed by atoms with Gasteiger partial charge in [-0.3, -0.25) is 0 Å². The van der Waals surface area contributed by atoms with E-state index >= 15 is 0 Å². The Kier molecular flexibility index (Phi) is 2.38. The molecular weight excluding hydrogens is 171 g/mol. The monoisotopic (exact) mass is 182 g/mol. The van der Waals surface area contributed by atoms with Crippen molar-refractivity contribution in [1.29, 1.82) is 0 Å². The molecular formula is C9H11FN2O. The topological polar surface area (TPSA) is 35.0 Å². The van der Waals surface area contributed by atoms with Crippen molar-refractivity contribution in [3.05, 3.63) is 18.3 Å². The number of nitrogens with zero attached hydrogens (tertiary/aromatic N) is 2. The van der Waals surface area contributed by atoms with Crippen LogP contribution in [-0.2, 0) is 0 Å². The molecule has 0 amide bonds. The molecule has 0 radical (unpaired) electrons. The van der Waals surface area contributed by atoms with Crippen molar-refractivity contribution in [2.24, 2.45) is 0 Å². The fraction of sp³-hybridized carbons (Fsp3) is 0.556. The minimum absolute atomic E-state index is 0.217. The summed E-state index contributed by atoms with van der Waals surface area (Å²) in [6, 6.07) is 1.22. The van der Waals surface area contributed by atoms with Gasteiger partial charge in [-0.25, -0.2) is 9.97 Å². The Morgan fingerprint density at radius 2 is 2.08 bits per heavy atom. The third kappa shape index (κ3) is 2.14. The summed E-state index contributed by atoms with van der Waals surface area (Å²) in [6.45, 7) is 0. The van der Waals surface area contributed by atoms with Crippen LogP contribution in [0.1, 0.15) is 25.7 Å². The molecule has 0 aliphatic heterocycles. The Labute approximate surface area is 76.0 Å². The Bertz CT molecular complexity index is 287. The number of halogens is 1. The van der Waals surface area contributed by atoms with E-state index < -0.39 is 5.95 Å². The zero-order valence-electron chi connectivity index (χ0n) is 7.24. The number of ether oxygens (including phenoxy) is 1. The molecule has 1 aromatic heterocycles. The largest absolute Gasteiger partial charge is 0.474 e. The van der Waals surface area contributed by atoms with Crippen LogP contribution in [0.4, 0.5) is 4.39 Å². The van der Waals surface area contributed by atoms with Gasteiger partial charge in [0.05, 0.1) is 6.07 Å². The van der Waals surface area contributed by atoms with E-state index in [2.05, 4.69) is 9.97 Å².